The summed E-state index contributed by atoms with van der Waals surface area (Å²) in [7, 11) is 0. The summed E-state index contributed by atoms with van der Waals surface area (Å²) in [5.41, 5.74) is 3.46. The van der Waals surface area contributed by atoms with Crippen LogP contribution in [0.2, 0.25) is 0 Å². The van der Waals surface area contributed by atoms with E-state index >= 15 is 0 Å². The van der Waals surface area contributed by atoms with Crippen LogP contribution in [-0.2, 0) is 5.66 Å². The lowest BCUT2D eigenvalue weighted by Crippen LogP contribution is -2.77. The molecule has 3 saturated carbocycles. The molecule has 6 unspecified atom stereocenters. The molecule has 0 amide bonds. The van der Waals surface area contributed by atoms with E-state index in [-0.39, 0.29) is 5.66 Å². The zero-order valence-corrected chi connectivity index (χ0v) is 22.0. The standard InChI is InChI=1S/C22H24N2.4C2H6/c1-3-11-23-18(5-1)16-9-7-14-13-15-8-10-17-19-6-2-4-12-24(19)22(23,20(14)16)21(15)17;4*1-2/h1-6,11-12,14-17,20-21H,7-10,13H2;4*1-2H3/q+2;;;;. The second-order valence-electron chi connectivity index (χ2n) is 8.95. The molecule has 1 spiro atoms. The minimum Gasteiger partial charge on any atom is -0.138 e. The molecule has 4 heterocycles. The van der Waals surface area contributed by atoms with Crippen LogP contribution in [0.3, 0.4) is 0 Å². The van der Waals surface area contributed by atoms with Gasteiger partial charge in [0, 0.05) is 24.3 Å². The van der Waals surface area contributed by atoms with Crippen LogP contribution >= 0.6 is 0 Å². The van der Waals surface area contributed by atoms with Crippen LogP contribution in [0.5, 0.6) is 0 Å². The third kappa shape index (κ3) is 3.11. The van der Waals surface area contributed by atoms with E-state index in [2.05, 4.69) is 57.9 Å². The molecule has 0 aromatic carbocycles. The lowest BCUT2D eigenvalue weighted by Gasteiger charge is -2.39. The minimum atomic E-state index is 0.211. The van der Waals surface area contributed by atoms with Crippen LogP contribution in [0.1, 0.15) is 111 Å². The molecular formula is C30H48N2+2. The molecule has 3 fully saturated rings. The van der Waals surface area contributed by atoms with Crippen LogP contribution in [0, 0.1) is 23.7 Å². The van der Waals surface area contributed by atoms with Gasteiger partial charge in [-0.25, -0.2) is 0 Å². The lowest BCUT2D eigenvalue weighted by atomic mass is 9.62. The molecule has 176 valence electrons. The molecule has 7 rings (SSSR count). The lowest BCUT2D eigenvalue weighted by molar-refractivity contribution is -0.998. The van der Waals surface area contributed by atoms with E-state index < -0.39 is 0 Å². The van der Waals surface area contributed by atoms with Crippen molar-refractivity contribution in [2.75, 3.05) is 0 Å². The van der Waals surface area contributed by atoms with Gasteiger partial charge in [0.05, 0.1) is 11.8 Å². The molecule has 2 heteroatoms. The number of pyridine rings is 2. The summed E-state index contributed by atoms with van der Waals surface area (Å²) in [6.45, 7) is 16.0. The Morgan fingerprint density at radius 1 is 0.594 bits per heavy atom. The van der Waals surface area contributed by atoms with Crippen molar-refractivity contribution in [2.45, 2.75) is 105 Å². The quantitative estimate of drug-likeness (QED) is 0.385. The van der Waals surface area contributed by atoms with Crippen LogP contribution < -0.4 is 9.13 Å². The van der Waals surface area contributed by atoms with E-state index in [1.165, 1.54) is 32.1 Å². The highest BCUT2D eigenvalue weighted by molar-refractivity contribution is 5.24. The van der Waals surface area contributed by atoms with Crippen molar-refractivity contribution in [3.05, 3.63) is 60.2 Å². The van der Waals surface area contributed by atoms with Gasteiger partial charge in [-0.2, -0.15) is 0 Å². The molecule has 2 aromatic rings. The van der Waals surface area contributed by atoms with E-state index in [4.69, 9.17) is 0 Å². The van der Waals surface area contributed by atoms with E-state index in [0.717, 1.165) is 35.5 Å². The predicted octanol–water partition coefficient (Wildman–Crippen LogP) is 7.22. The Labute approximate surface area is 198 Å². The van der Waals surface area contributed by atoms with Crippen LogP contribution in [0.25, 0.3) is 0 Å². The number of hydrogen-bond donors (Lipinski definition) is 0. The fraction of sp³-hybridized carbons (Fsp3) is 0.667. The summed E-state index contributed by atoms with van der Waals surface area (Å²) >= 11 is 0. The van der Waals surface area contributed by atoms with Crippen molar-refractivity contribution < 1.29 is 9.13 Å². The highest BCUT2D eigenvalue weighted by atomic mass is 15.3. The van der Waals surface area contributed by atoms with Crippen LogP contribution in [-0.4, -0.2) is 0 Å². The maximum atomic E-state index is 2.75. The predicted molar refractivity (Wildman–Crippen MR) is 135 cm³/mol. The average Bonchev–Trinajstić information content (AvgIpc) is 3.65. The average molecular weight is 437 g/mol. The molecule has 0 N–H and O–H groups in total. The number of nitrogens with zero attached hydrogens (tertiary/aromatic N) is 2. The SMILES string of the molecule is CC.CC.CC.CC.c1cc[n+]2c(c1)C1CCC3CC4CCC5c6cccc[n+]6C2(C31)C45. The minimum absolute atomic E-state index is 0.211. The van der Waals surface area contributed by atoms with Crippen molar-refractivity contribution in [1.82, 2.24) is 0 Å². The van der Waals surface area contributed by atoms with Gasteiger partial charge in [0.1, 0.15) is 11.8 Å². The van der Waals surface area contributed by atoms with E-state index in [1.54, 1.807) is 11.4 Å². The number of hydrogen-bond acceptors (Lipinski definition) is 0. The fourth-order valence-electron chi connectivity index (χ4n) is 8.18. The molecular weight excluding hydrogens is 388 g/mol. The smallest absolute Gasteiger partial charge is 0.138 e. The summed E-state index contributed by atoms with van der Waals surface area (Å²) in [4.78, 5) is 0. The topological polar surface area (TPSA) is 7.76 Å². The monoisotopic (exact) mass is 436 g/mol. The molecule has 3 aliphatic carbocycles. The molecule has 5 aliphatic rings. The Hall–Kier alpha value is -1.70. The molecule has 6 atom stereocenters. The third-order valence-electron chi connectivity index (χ3n) is 8.48. The summed E-state index contributed by atoms with van der Waals surface area (Å²) in [6.07, 6.45) is 12.1. The zero-order chi connectivity index (χ0) is 23.5. The summed E-state index contributed by atoms with van der Waals surface area (Å²) in [5.74, 6) is 5.11. The number of rotatable bonds is 0. The molecule has 0 radical (unpaired) electrons. The first-order valence-electron chi connectivity index (χ1n) is 13.9. The van der Waals surface area contributed by atoms with E-state index in [9.17, 15) is 0 Å². The first kappa shape index (κ1) is 24.9. The summed E-state index contributed by atoms with van der Waals surface area (Å²) in [6, 6.07) is 13.9. The second kappa shape index (κ2) is 10.5. The Morgan fingerprint density at radius 2 is 1.00 bits per heavy atom. The first-order chi connectivity index (χ1) is 15.9. The number of aromatic nitrogens is 2. The van der Waals surface area contributed by atoms with Gasteiger partial charge in [-0.15, -0.1) is 9.13 Å². The van der Waals surface area contributed by atoms with Gasteiger partial charge in [-0.3, -0.25) is 0 Å². The molecule has 0 saturated heterocycles. The Balaban J connectivity index is 0.000000330. The van der Waals surface area contributed by atoms with Gasteiger partial charge in [-0.05, 0) is 43.9 Å². The number of fused-ring (bicyclic) bond motifs is 4. The van der Waals surface area contributed by atoms with Gasteiger partial charge in [0.25, 0.3) is 0 Å². The Bertz CT molecular complexity index is 801. The van der Waals surface area contributed by atoms with E-state index in [0.29, 0.717) is 0 Å². The molecule has 2 nitrogen and oxygen atoms in total. The van der Waals surface area contributed by atoms with Gasteiger partial charge in [-0.1, -0.05) is 67.5 Å². The highest BCUT2D eigenvalue weighted by Crippen LogP contribution is 2.68. The molecule has 0 bridgehead atoms. The Morgan fingerprint density at radius 3 is 1.41 bits per heavy atom. The Kier molecular flexibility index (Phi) is 8.17. The first-order valence-corrected chi connectivity index (χ1v) is 13.9. The maximum Gasteiger partial charge on any atom is 0.369 e. The zero-order valence-electron chi connectivity index (χ0n) is 22.0. The van der Waals surface area contributed by atoms with Gasteiger partial charge in [0.15, 0.2) is 23.8 Å². The second-order valence-corrected chi connectivity index (χ2v) is 8.95. The van der Waals surface area contributed by atoms with Crippen LogP contribution in [0.4, 0.5) is 0 Å². The van der Waals surface area contributed by atoms with E-state index in [1.807, 2.05) is 55.4 Å². The van der Waals surface area contributed by atoms with Crippen LogP contribution in [0.15, 0.2) is 48.8 Å². The molecule has 32 heavy (non-hydrogen) atoms. The fourth-order valence-corrected chi connectivity index (χ4v) is 8.18. The normalized spacial score (nSPS) is 35.0. The highest BCUT2D eigenvalue weighted by Gasteiger charge is 2.82. The molecule has 2 aliphatic heterocycles. The van der Waals surface area contributed by atoms with Crippen molar-refractivity contribution in [2.24, 2.45) is 23.7 Å². The van der Waals surface area contributed by atoms with Crippen molar-refractivity contribution >= 4 is 0 Å². The summed E-state index contributed by atoms with van der Waals surface area (Å²) < 4.78 is 5.50. The van der Waals surface area contributed by atoms with Crippen molar-refractivity contribution in [3.8, 4) is 0 Å². The van der Waals surface area contributed by atoms with Gasteiger partial charge < -0.3 is 0 Å². The summed E-state index contributed by atoms with van der Waals surface area (Å²) in [5, 5.41) is 0. The largest absolute Gasteiger partial charge is 0.369 e. The van der Waals surface area contributed by atoms with Gasteiger partial charge >= 0.3 is 5.66 Å². The van der Waals surface area contributed by atoms with Crippen molar-refractivity contribution in [1.29, 1.82) is 0 Å². The molecule has 2 aromatic heterocycles. The van der Waals surface area contributed by atoms with Gasteiger partial charge in [0.2, 0.25) is 0 Å². The van der Waals surface area contributed by atoms with Crippen molar-refractivity contribution in [3.63, 3.8) is 0 Å². The third-order valence-corrected chi connectivity index (χ3v) is 8.48. The maximum absolute atomic E-state index is 2.75.